The highest BCUT2D eigenvalue weighted by Crippen LogP contribution is 2.17. The van der Waals surface area contributed by atoms with E-state index in [1.807, 2.05) is 0 Å². The molecule has 0 atom stereocenters. The monoisotopic (exact) mass is 185 g/mol. The Morgan fingerprint density at radius 1 is 1.38 bits per heavy atom. The van der Waals surface area contributed by atoms with Gasteiger partial charge in [0.1, 0.15) is 0 Å². The van der Waals surface area contributed by atoms with Gasteiger partial charge in [-0.25, -0.2) is 0 Å². The summed E-state index contributed by atoms with van der Waals surface area (Å²) in [4.78, 5) is 2.39. The minimum atomic E-state index is 0.775. The fraction of sp³-hybridized carbons (Fsp3) is 1.00. The first kappa shape index (κ1) is 11.0. The Morgan fingerprint density at radius 3 is 2.62 bits per heavy atom. The van der Waals surface area contributed by atoms with Gasteiger partial charge in [0.25, 0.3) is 0 Å². The van der Waals surface area contributed by atoms with Gasteiger partial charge in [-0.15, -0.1) is 0 Å². The molecular weight excluding hydrogens is 162 g/mol. The minimum absolute atomic E-state index is 0.775. The molecule has 3 heteroatoms. The smallest absolute Gasteiger partial charge is 0.0107 e. The number of hydrogen-bond acceptors (Lipinski definition) is 3. The van der Waals surface area contributed by atoms with E-state index in [4.69, 9.17) is 5.73 Å². The molecule has 1 rings (SSSR count). The first-order valence-corrected chi connectivity index (χ1v) is 5.52. The van der Waals surface area contributed by atoms with Crippen molar-refractivity contribution in [1.29, 1.82) is 0 Å². The normalized spacial score (nSPS) is 17.8. The molecule has 0 aliphatic heterocycles. The summed E-state index contributed by atoms with van der Waals surface area (Å²) in [5.74, 6) is 0. The van der Waals surface area contributed by atoms with Crippen molar-refractivity contribution in [1.82, 2.24) is 10.2 Å². The molecule has 0 aromatic carbocycles. The molecular formula is C10H23N3. The maximum Gasteiger partial charge on any atom is 0.0107 e. The van der Waals surface area contributed by atoms with E-state index in [1.165, 1.54) is 19.3 Å². The van der Waals surface area contributed by atoms with Gasteiger partial charge in [-0.3, -0.25) is 0 Å². The van der Waals surface area contributed by atoms with Crippen molar-refractivity contribution >= 4 is 0 Å². The lowest BCUT2D eigenvalue weighted by Crippen LogP contribution is -2.41. The van der Waals surface area contributed by atoms with Gasteiger partial charge in [-0.1, -0.05) is 13.3 Å². The Labute approximate surface area is 81.7 Å². The topological polar surface area (TPSA) is 41.3 Å². The minimum Gasteiger partial charge on any atom is -0.329 e. The average molecular weight is 185 g/mol. The fourth-order valence-corrected chi connectivity index (χ4v) is 1.65. The third-order valence-corrected chi connectivity index (χ3v) is 2.86. The van der Waals surface area contributed by atoms with Crippen LogP contribution >= 0.6 is 0 Å². The summed E-state index contributed by atoms with van der Waals surface area (Å²) in [6.07, 6.45) is 4.17. The highest BCUT2D eigenvalue weighted by Gasteiger charge is 2.15. The van der Waals surface area contributed by atoms with Crippen LogP contribution in [-0.2, 0) is 0 Å². The molecule has 1 aliphatic rings. The van der Waals surface area contributed by atoms with Gasteiger partial charge in [0, 0.05) is 32.2 Å². The van der Waals surface area contributed by atoms with Crippen LogP contribution in [0.4, 0.5) is 0 Å². The highest BCUT2D eigenvalue weighted by atomic mass is 15.1. The zero-order valence-corrected chi connectivity index (χ0v) is 8.76. The quantitative estimate of drug-likeness (QED) is 0.603. The molecule has 0 bridgehead atoms. The summed E-state index contributed by atoms with van der Waals surface area (Å²) in [7, 11) is 0. The molecule has 0 radical (unpaired) electrons. The zero-order chi connectivity index (χ0) is 9.52. The van der Waals surface area contributed by atoms with E-state index >= 15 is 0 Å². The molecule has 0 unspecified atom stereocenters. The first-order valence-electron chi connectivity index (χ1n) is 5.52. The average Bonchev–Trinajstić information content (AvgIpc) is 2.07. The maximum absolute atomic E-state index is 5.51. The maximum atomic E-state index is 5.51. The van der Waals surface area contributed by atoms with Crippen molar-refractivity contribution in [3.05, 3.63) is 0 Å². The second kappa shape index (κ2) is 6.35. The zero-order valence-electron chi connectivity index (χ0n) is 8.76. The molecule has 0 amide bonds. The van der Waals surface area contributed by atoms with E-state index in [-0.39, 0.29) is 0 Å². The van der Waals surface area contributed by atoms with E-state index in [0.717, 1.165) is 38.8 Å². The van der Waals surface area contributed by atoms with Crippen molar-refractivity contribution in [2.24, 2.45) is 5.73 Å². The van der Waals surface area contributed by atoms with E-state index in [0.29, 0.717) is 0 Å². The van der Waals surface area contributed by atoms with Crippen molar-refractivity contribution in [3.63, 3.8) is 0 Å². The molecule has 0 aromatic heterocycles. The SMILES string of the molecule is CCN(CCN)CCNC1CCC1. The van der Waals surface area contributed by atoms with Gasteiger partial charge in [0.15, 0.2) is 0 Å². The second-order valence-electron chi connectivity index (χ2n) is 3.80. The number of nitrogens with zero attached hydrogens (tertiary/aromatic N) is 1. The standard InChI is InChI=1S/C10H23N3/c1-2-13(8-6-11)9-7-12-10-4-3-5-10/h10,12H,2-9,11H2,1H3. The van der Waals surface area contributed by atoms with Crippen LogP contribution in [0, 0.1) is 0 Å². The second-order valence-corrected chi connectivity index (χ2v) is 3.80. The number of rotatable bonds is 7. The summed E-state index contributed by atoms with van der Waals surface area (Å²) >= 11 is 0. The van der Waals surface area contributed by atoms with Crippen LogP contribution in [0.1, 0.15) is 26.2 Å². The molecule has 1 saturated carbocycles. The summed E-state index contributed by atoms with van der Waals surface area (Å²) in [6.45, 7) is 7.38. The Morgan fingerprint density at radius 2 is 2.15 bits per heavy atom. The van der Waals surface area contributed by atoms with Crippen molar-refractivity contribution < 1.29 is 0 Å². The lowest BCUT2D eigenvalue weighted by atomic mass is 9.93. The Balaban J connectivity index is 1.94. The molecule has 0 heterocycles. The Kier molecular flexibility index (Phi) is 5.35. The van der Waals surface area contributed by atoms with Gasteiger partial charge in [0.05, 0.1) is 0 Å². The van der Waals surface area contributed by atoms with Crippen LogP contribution in [0.2, 0.25) is 0 Å². The van der Waals surface area contributed by atoms with Crippen LogP contribution in [0.3, 0.4) is 0 Å². The van der Waals surface area contributed by atoms with Crippen LogP contribution in [0.15, 0.2) is 0 Å². The van der Waals surface area contributed by atoms with Gasteiger partial charge < -0.3 is 16.0 Å². The van der Waals surface area contributed by atoms with Crippen molar-refractivity contribution in [2.75, 3.05) is 32.7 Å². The lowest BCUT2D eigenvalue weighted by Gasteiger charge is -2.28. The van der Waals surface area contributed by atoms with E-state index < -0.39 is 0 Å². The summed E-state index contributed by atoms with van der Waals surface area (Å²) in [5.41, 5.74) is 5.51. The molecule has 0 saturated heterocycles. The van der Waals surface area contributed by atoms with Gasteiger partial charge in [-0.2, -0.15) is 0 Å². The first-order chi connectivity index (χ1) is 6.36. The molecule has 1 fully saturated rings. The van der Waals surface area contributed by atoms with Crippen LogP contribution in [0.25, 0.3) is 0 Å². The molecule has 3 N–H and O–H groups in total. The summed E-state index contributed by atoms with van der Waals surface area (Å²) in [6, 6.07) is 0.816. The third-order valence-electron chi connectivity index (χ3n) is 2.86. The Bertz CT molecular complexity index is 123. The van der Waals surface area contributed by atoms with Gasteiger partial charge in [-0.05, 0) is 19.4 Å². The number of nitrogens with two attached hydrogens (primary N) is 1. The van der Waals surface area contributed by atoms with E-state index in [2.05, 4.69) is 17.1 Å². The summed E-state index contributed by atoms with van der Waals surface area (Å²) < 4.78 is 0. The van der Waals surface area contributed by atoms with Gasteiger partial charge in [0.2, 0.25) is 0 Å². The molecule has 1 aliphatic carbocycles. The van der Waals surface area contributed by atoms with E-state index in [1.54, 1.807) is 0 Å². The highest BCUT2D eigenvalue weighted by molar-refractivity contribution is 4.76. The lowest BCUT2D eigenvalue weighted by molar-refractivity contribution is 0.269. The van der Waals surface area contributed by atoms with Crippen LogP contribution in [0.5, 0.6) is 0 Å². The molecule has 0 spiro atoms. The fourth-order valence-electron chi connectivity index (χ4n) is 1.65. The third kappa shape index (κ3) is 4.07. The van der Waals surface area contributed by atoms with Gasteiger partial charge >= 0.3 is 0 Å². The Hall–Kier alpha value is -0.120. The molecule has 13 heavy (non-hydrogen) atoms. The number of hydrogen-bond donors (Lipinski definition) is 2. The summed E-state index contributed by atoms with van der Waals surface area (Å²) in [5, 5.41) is 3.56. The van der Waals surface area contributed by atoms with E-state index in [9.17, 15) is 0 Å². The molecule has 78 valence electrons. The number of likely N-dealkylation sites (N-methyl/N-ethyl adjacent to an activating group) is 1. The van der Waals surface area contributed by atoms with Crippen LogP contribution < -0.4 is 11.1 Å². The molecule has 3 nitrogen and oxygen atoms in total. The predicted molar refractivity (Wildman–Crippen MR) is 56.8 cm³/mol. The van der Waals surface area contributed by atoms with Crippen molar-refractivity contribution in [2.45, 2.75) is 32.2 Å². The van der Waals surface area contributed by atoms with Crippen LogP contribution in [-0.4, -0.2) is 43.7 Å². The predicted octanol–water partition coefficient (Wildman–Crippen LogP) is 0.409. The molecule has 0 aromatic rings. The number of nitrogens with one attached hydrogen (secondary N) is 1. The van der Waals surface area contributed by atoms with Crippen molar-refractivity contribution in [3.8, 4) is 0 Å². The largest absolute Gasteiger partial charge is 0.329 e.